The van der Waals surface area contributed by atoms with Crippen LogP contribution in [0.4, 0.5) is 4.79 Å². The van der Waals surface area contributed by atoms with Crippen molar-refractivity contribution in [3.05, 3.63) is 35.4 Å². The number of fused-ring (bicyclic) bond motifs is 1. The largest absolute Gasteiger partial charge is 0.454 e. The van der Waals surface area contributed by atoms with Crippen LogP contribution in [0.25, 0.3) is 0 Å². The predicted octanol–water partition coefficient (Wildman–Crippen LogP) is 0.450. The Labute approximate surface area is 149 Å². The van der Waals surface area contributed by atoms with Crippen molar-refractivity contribution in [3.63, 3.8) is 0 Å². The third-order valence-electron chi connectivity index (χ3n) is 3.27. The number of carbonyl (C=O) groups excluding carboxylic acids is 5. The standard InChI is InChI=1S/C17H19N3O6/c1-17(2,3)19-16(25)18-12(21)9-26-13(22)8-20-14(23)10-6-4-5-7-11(10)15(20)24/h4-7H,8-9H2,1-3H3,(H2,18,19,21,25). The van der Waals surface area contributed by atoms with Gasteiger partial charge in [0.2, 0.25) is 0 Å². The Morgan fingerprint density at radius 2 is 1.58 bits per heavy atom. The lowest BCUT2D eigenvalue weighted by Crippen LogP contribution is -2.49. The number of amides is 5. The van der Waals surface area contributed by atoms with Gasteiger partial charge in [0, 0.05) is 5.54 Å². The molecule has 1 aliphatic heterocycles. The second kappa shape index (κ2) is 7.34. The molecule has 9 nitrogen and oxygen atoms in total. The zero-order valence-electron chi connectivity index (χ0n) is 14.6. The van der Waals surface area contributed by atoms with Gasteiger partial charge in [-0.1, -0.05) is 12.1 Å². The number of hydrogen-bond donors (Lipinski definition) is 2. The van der Waals surface area contributed by atoms with E-state index >= 15 is 0 Å². The molecular formula is C17H19N3O6. The molecule has 9 heteroatoms. The van der Waals surface area contributed by atoms with Crippen LogP contribution in [-0.4, -0.2) is 53.3 Å². The van der Waals surface area contributed by atoms with Gasteiger partial charge in [0.15, 0.2) is 6.61 Å². The molecule has 1 aromatic rings. The number of carbonyl (C=O) groups is 5. The molecule has 0 bridgehead atoms. The summed E-state index contributed by atoms with van der Waals surface area (Å²) in [4.78, 5) is 59.9. The van der Waals surface area contributed by atoms with Gasteiger partial charge in [-0.05, 0) is 32.9 Å². The minimum atomic E-state index is -0.939. The van der Waals surface area contributed by atoms with Crippen LogP contribution in [0.5, 0.6) is 0 Å². The molecular weight excluding hydrogens is 342 g/mol. The fraction of sp³-hybridized carbons (Fsp3) is 0.353. The van der Waals surface area contributed by atoms with Crippen molar-refractivity contribution >= 4 is 29.7 Å². The van der Waals surface area contributed by atoms with Crippen LogP contribution in [0.15, 0.2) is 24.3 Å². The molecule has 138 valence electrons. The van der Waals surface area contributed by atoms with Gasteiger partial charge in [0.25, 0.3) is 17.7 Å². The van der Waals surface area contributed by atoms with E-state index in [1.54, 1.807) is 32.9 Å². The average Bonchev–Trinajstić information content (AvgIpc) is 2.76. The molecule has 5 amide bonds. The van der Waals surface area contributed by atoms with Crippen LogP contribution in [0, 0.1) is 0 Å². The number of esters is 1. The van der Waals surface area contributed by atoms with Gasteiger partial charge in [0.05, 0.1) is 11.1 Å². The highest BCUT2D eigenvalue weighted by molar-refractivity contribution is 6.22. The molecule has 1 heterocycles. The predicted molar refractivity (Wildman–Crippen MR) is 89.2 cm³/mol. The van der Waals surface area contributed by atoms with Crippen molar-refractivity contribution in [2.45, 2.75) is 26.3 Å². The monoisotopic (exact) mass is 361 g/mol. The summed E-state index contributed by atoms with van der Waals surface area (Å²) in [6.45, 7) is 3.88. The van der Waals surface area contributed by atoms with Crippen LogP contribution >= 0.6 is 0 Å². The SMILES string of the molecule is CC(C)(C)NC(=O)NC(=O)COC(=O)CN1C(=O)c2ccccc2C1=O. The van der Waals surface area contributed by atoms with Gasteiger partial charge in [-0.2, -0.15) is 0 Å². The highest BCUT2D eigenvalue weighted by Gasteiger charge is 2.36. The van der Waals surface area contributed by atoms with E-state index in [4.69, 9.17) is 4.74 Å². The van der Waals surface area contributed by atoms with Crippen LogP contribution < -0.4 is 10.6 Å². The van der Waals surface area contributed by atoms with E-state index in [0.717, 1.165) is 4.90 Å². The first-order valence-corrected chi connectivity index (χ1v) is 7.81. The number of ether oxygens (including phenoxy) is 1. The lowest BCUT2D eigenvalue weighted by Gasteiger charge is -2.20. The van der Waals surface area contributed by atoms with E-state index in [1.165, 1.54) is 12.1 Å². The first kappa shape index (κ1) is 19.1. The molecule has 0 unspecified atom stereocenters. The van der Waals surface area contributed by atoms with Gasteiger partial charge >= 0.3 is 12.0 Å². The van der Waals surface area contributed by atoms with Crippen LogP contribution in [0.2, 0.25) is 0 Å². The third kappa shape index (κ3) is 4.65. The molecule has 0 radical (unpaired) electrons. The molecule has 0 saturated carbocycles. The Morgan fingerprint density at radius 1 is 1.04 bits per heavy atom. The molecule has 0 aromatic heterocycles. The van der Waals surface area contributed by atoms with Gasteiger partial charge < -0.3 is 10.1 Å². The number of nitrogens with one attached hydrogen (secondary N) is 2. The van der Waals surface area contributed by atoms with Crippen molar-refractivity contribution in [1.82, 2.24) is 15.5 Å². The maximum Gasteiger partial charge on any atom is 0.326 e. The van der Waals surface area contributed by atoms with E-state index in [-0.39, 0.29) is 11.1 Å². The lowest BCUT2D eigenvalue weighted by atomic mass is 10.1. The van der Waals surface area contributed by atoms with Crippen molar-refractivity contribution in [2.75, 3.05) is 13.2 Å². The number of imide groups is 2. The zero-order valence-corrected chi connectivity index (χ0v) is 14.6. The van der Waals surface area contributed by atoms with E-state index in [1.807, 2.05) is 5.32 Å². The summed E-state index contributed by atoms with van der Waals surface area (Å²) in [7, 11) is 0. The molecule has 1 aromatic carbocycles. The van der Waals surface area contributed by atoms with Crippen LogP contribution in [-0.2, 0) is 14.3 Å². The maximum atomic E-state index is 12.1. The smallest absolute Gasteiger partial charge is 0.326 e. The number of rotatable bonds is 4. The average molecular weight is 361 g/mol. The molecule has 0 saturated heterocycles. The van der Waals surface area contributed by atoms with Crippen molar-refractivity contribution in [1.29, 1.82) is 0 Å². The number of nitrogens with zero attached hydrogens (tertiary/aromatic N) is 1. The first-order valence-electron chi connectivity index (χ1n) is 7.81. The minimum Gasteiger partial charge on any atom is -0.454 e. The van der Waals surface area contributed by atoms with E-state index in [0.29, 0.717) is 0 Å². The Hall–Kier alpha value is -3.23. The highest BCUT2D eigenvalue weighted by atomic mass is 16.5. The maximum absolute atomic E-state index is 12.1. The van der Waals surface area contributed by atoms with Gasteiger partial charge in [-0.15, -0.1) is 0 Å². The van der Waals surface area contributed by atoms with Gasteiger partial charge in [0.1, 0.15) is 6.54 Å². The topological polar surface area (TPSA) is 122 Å². The summed E-state index contributed by atoms with van der Waals surface area (Å²) in [6.07, 6.45) is 0. The Bertz CT molecular complexity index is 746. The van der Waals surface area contributed by atoms with Crippen LogP contribution in [0.1, 0.15) is 41.5 Å². The molecule has 2 rings (SSSR count). The normalized spacial score (nSPS) is 13.3. The number of hydrogen-bond acceptors (Lipinski definition) is 6. The number of urea groups is 1. The molecule has 0 aliphatic carbocycles. The second-order valence-electron chi connectivity index (χ2n) is 6.66. The fourth-order valence-corrected chi connectivity index (χ4v) is 2.24. The third-order valence-corrected chi connectivity index (χ3v) is 3.27. The Balaban J connectivity index is 1.83. The van der Waals surface area contributed by atoms with E-state index in [9.17, 15) is 24.0 Å². The highest BCUT2D eigenvalue weighted by Crippen LogP contribution is 2.21. The van der Waals surface area contributed by atoms with Crippen LogP contribution in [0.3, 0.4) is 0 Å². The molecule has 1 aliphatic rings. The summed E-state index contributed by atoms with van der Waals surface area (Å²) in [5.41, 5.74) is -0.115. The Kier molecular flexibility index (Phi) is 5.39. The molecule has 0 spiro atoms. The Morgan fingerprint density at radius 3 is 2.08 bits per heavy atom. The summed E-state index contributed by atoms with van der Waals surface area (Å²) in [5, 5.41) is 4.51. The minimum absolute atomic E-state index is 0.210. The van der Waals surface area contributed by atoms with Crippen molar-refractivity contribution in [3.8, 4) is 0 Å². The molecule has 0 fully saturated rings. The molecule has 2 N–H and O–H groups in total. The summed E-state index contributed by atoms with van der Waals surface area (Å²) in [5.74, 6) is -2.97. The molecule has 0 atom stereocenters. The lowest BCUT2D eigenvalue weighted by molar-refractivity contribution is -0.148. The van der Waals surface area contributed by atoms with Gasteiger partial charge in [-0.3, -0.25) is 29.4 Å². The summed E-state index contributed by atoms with van der Waals surface area (Å²) in [6, 6.07) is 5.47. The van der Waals surface area contributed by atoms with Crippen molar-refractivity contribution < 1.29 is 28.7 Å². The quantitative estimate of drug-likeness (QED) is 0.593. The molecule has 26 heavy (non-hydrogen) atoms. The first-order chi connectivity index (χ1) is 12.1. The summed E-state index contributed by atoms with van der Waals surface area (Å²) < 4.78 is 4.72. The fourth-order valence-electron chi connectivity index (χ4n) is 2.24. The van der Waals surface area contributed by atoms with Crippen molar-refractivity contribution in [2.24, 2.45) is 0 Å². The summed E-state index contributed by atoms with van der Waals surface area (Å²) >= 11 is 0. The second-order valence-corrected chi connectivity index (χ2v) is 6.66. The van der Waals surface area contributed by atoms with Gasteiger partial charge in [-0.25, -0.2) is 4.79 Å². The number of benzene rings is 1. The van der Waals surface area contributed by atoms with E-state index in [2.05, 4.69) is 5.32 Å². The zero-order chi connectivity index (χ0) is 19.5. The van der Waals surface area contributed by atoms with E-state index < -0.39 is 48.4 Å².